The van der Waals surface area contributed by atoms with Gasteiger partial charge in [0.05, 0.1) is 29.3 Å². The smallest absolute Gasteiger partial charge is 0.257 e. The fourth-order valence-corrected chi connectivity index (χ4v) is 6.53. The van der Waals surface area contributed by atoms with Gasteiger partial charge in [0.25, 0.3) is 5.91 Å². The first-order valence-corrected chi connectivity index (χ1v) is 14.1. The third-order valence-corrected chi connectivity index (χ3v) is 8.64. The topological polar surface area (TPSA) is 86.8 Å². The standard InChI is InChI=1S/C30H29FN6OS/c31-24-10-12-37(13-11-24)25-8-9-26-28(15-25)39-30(34-26)35-29(38)23-3-1-2-21(14-23)17-36-18-27(33-19-36)22-6-4-20(16-32)5-7-22/h1-7,14,18-19,24-25H,8-13,15,17H2,(H,34,35,38). The molecule has 2 aromatic carbocycles. The van der Waals surface area contributed by atoms with Crippen LogP contribution >= 0.6 is 11.3 Å². The number of aryl methyl sites for hydroxylation is 1. The number of nitrogens with one attached hydrogen (secondary N) is 1. The number of carbonyl (C=O) groups excluding carboxylic acids is 1. The van der Waals surface area contributed by atoms with Crippen LogP contribution in [0.5, 0.6) is 0 Å². The molecule has 0 radical (unpaired) electrons. The highest BCUT2D eigenvalue weighted by Crippen LogP contribution is 2.33. The van der Waals surface area contributed by atoms with Gasteiger partial charge < -0.3 is 4.57 Å². The quantitative estimate of drug-likeness (QED) is 0.351. The first kappa shape index (κ1) is 25.4. The molecule has 1 aliphatic carbocycles. The number of thiazole rings is 1. The number of aromatic nitrogens is 3. The van der Waals surface area contributed by atoms with E-state index in [2.05, 4.69) is 21.3 Å². The summed E-state index contributed by atoms with van der Waals surface area (Å²) in [7, 11) is 0. The number of rotatable bonds is 6. The number of piperidine rings is 1. The molecule has 198 valence electrons. The summed E-state index contributed by atoms with van der Waals surface area (Å²) in [4.78, 5) is 26.0. The van der Waals surface area contributed by atoms with Crippen LogP contribution in [-0.4, -0.2) is 50.6 Å². The molecule has 0 saturated carbocycles. The molecule has 9 heteroatoms. The van der Waals surface area contributed by atoms with Crippen molar-refractivity contribution in [1.29, 1.82) is 5.26 Å². The number of amides is 1. The second-order valence-electron chi connectivity index (χ2n) is 10.3. The lowest BCUT2D eigenvalue weighted by Gasteiger charge is -2.37. The normalized spacial score (nSPS) is 17.9. The van der Waals surface area contributed by atoms with E-state index in [-0.39, 0.29) is 5.91 Å². The number of hydrogen-bond acceptors (Lipinski definition) is 6. The number of hydrogen-bond donors (Lipinski definition) is 1. The van der Waals surface area contributed by atoms with Crippen molar-refractivity contribution in [2.75, 3.05) is 18.4 Å². The zero-order valence-corrected chi connectivity index (χ0v) is 22.3. The Morgan fingerprint density at radius 1 is 1.15 bits per heavy atom. The summed E-state index contributed by atoms with van der Waals surface area (Å²) in [6, 6.07) is 17.5. The van der Waals surface area contributed by atoms with Gasteiger partial charge in [-0.15, -0.1) is 11.3 Å². The molecule has 2 aliphatic rings. The van der Waals surface area contributed by atoms with E-state index >= 15 is 0 Å². The number of imidazole rings is 1. The number of likely N-dealkylation sites (tertiary alicyclic amines) is 1. The van der Waals surface area contributed by atoms with E-state index in [0.717, 1.165) is 54.9 Å². The van der Waals surface area contributed by atoms with E-state index < -0.39 is 6.17 Å². The third-order valence-electron chi connectivity index (χ3n) is 7.61. The van der Waals surface area contributed by atoms with Crippen LogP contribution in [0.3, 0.4) is 0 Å². The lowest BCUT2D eigenvalue weighted by atomic mass is 9.94. The minimum atomic E-state index is -0.657. The van der Waals surface area contributed by atoms with Gasteiger partial charge in [-0.1, -0.05) is 24.3 Å². The number of nitrogens with zero attached hydrogens (tertiary/aromatic N) is 5. The van der Waals surface area contributed by atoms with Crippen LogP contribution in [0.25, 0.3) is 11.3 Å². The zero-order chi connectivity index (χ0) is 26.8. The van der Waals surface area contributed by atoms with Crippen LogP contribution in [0, 0.1) is 11.3 Å². The molecule has 1 aliphatic heterocycles. The van der Waals surface area contributed by atoms with Gasteiger partial charge in [0, 0.05) is 47.9 Å². The van der Waals surface area contributed by atoms with Gasteiger partial charge in [-0.2, -0.15) is 5.26 Å². The van der Waals surface area contributed by atoms with Crippen molar-refractivity contribution in [2.45, 2.75) is 50.9 Å². The number of alkyl halides is 1. The average molecular weight is 541 g/mol. The van der Waals surface area contributed by atoms with Crippen LogP contribution in [0.4, 0.5) is 9.52 Å². The van der Waals surface area contributed by atoms with E-state index in [1.807, 2.05) is 47.2 Å². The number of anilines is 1. The molecule has 3 heterocycles. The number of carbonyl (C=O) groups is 1. The zero-order valence-electron chi connectivity index (χ0n) is 21.5. The number of fused-ring (bicyclic) bond motifs is 1. The summed E-state index contributed by atoms with van der Waals surface area (Å²) in [6.45, 7) is 2.24. The molecule has 2 aromatic heterocycles. The van der Waals surface area contributed by atoms with Crippen LogP contribution in [-0.2, 0) is 19.4 Å². The largest absolute Gasteiger partial charge is 0.332 e. The van der Waals surface area contributed by atoms with Gasteiger partial charge in [-0.3, -0.25) is 15.0 Å². The molecule has 1 unspecified atom stereocenters. The van der Waals surface area contributed by atoms with E-state index in [0.29, 0.717) is 41.7 Å². The highest BCUT2D eigenvalue weighted by atomic mass is 32.1. The highest BCUT2D eigenvalue weighted by Gasteiger charge is 2.30. The summed E-state index contributed by atoms with van der Waals surface area (Å²) in [5.41, 5.74) is 5.05. The van der Waals surface area contributed by atoms with Crippen LogP contribution in [0.15, 0.2) is 61.1 Å². The fraction of sp³-hybridized carbons (Fsp3) is 0.333. The third kappa shape index (κ3) is 5.77. The lowest BCUT2D eigenvalue weighted by molar-refractivity contribution is 0.102. The maximum atomic E-state index is 13.6. The summed E-state index contributed by atoms with van der Waals surface area (Å²) < 4.78 is 15.5. The fourth-order valence-electron chi connectivity index (χ4n) is 5.46. The van der Waals surface area contributed by atoms with Gasteiger partial charge in [-0.05, 0) is 61.9 Å². The van der Waals surface area contributed by atoms with E-state index in [9.17, 15) is 9.18 Å². The van der Waals surface area contributed by atoms with Crippen molar-refractivity contribution in [1.82, 2.24) is 19.4 Å². The predicted octanol–water partition coefficient (Wildman–Crippen LogP) is 5.47. The molecule has 1 amide bonds. The van der Waals surface area contributed by atoms with Gasteiger partial charge in [0.2, 0.25) is 0 Å². The Labute approximate surface area is 230 Å². The van der Waals surface area contributed by atoms with Crippen molar-refractivity contribution in [2.24, 2.45) is 0 Å². The molecule has 0 spiro atoms. The monoisotopic (exact) mass is 540 g/mol. The molecule has 39 heavy (non-hydrogen) atoms. The maximum Gasteiger partial charge on any atom is 0.257 e. The number of halogens is 1. The average Bonchev–Trinajstić information content (AvgIpc) is 3.60. The second kappa shape index (κ2) is 11.1. The predicted molar refractivity (Wildman–Crippen MR) is 150 cm³/mol. The van der Waals surface area contributed by atoms with Crippen LogP contribution in [0.2, 0.25) is 0 Å². The van der Waals surface area contributed by atoms with Crippen molar-refractivity contribution in [3.05, 3.63) is 88.3 Å². The summed E-state index contributed by atoms with van der Waals surface area (Å²) in [5.74, 6) is -0.173. The summed E-state index contributed by atoms with van der Waals surface area (Å²) >= 11 is 1.56. The van der Waals surface area contributed by atoms with E-state index in [4.69, 9.17) is 10.2 Å². The Hall–Kier alpha value is -3.87. The Bertz CT molecular complexity index is 1510. The van der Waals surface area contributed by atoms with Crippen molar-refractivity contribution >= 4 is 22.4 Å². The molecule has 1 atom stereocenters. The first-order valence-electron chi connectivity index (χ1n) is 13.3. The molecular formula is C30H29FN6OS. The van der Waals surface area contributed by atoms with Crippen molar-refractivity contribution in [3.8, 4) is 17.3 Å². The SMILES string of the molecule is N#Cc1ccc(-c2cn(Cc3cccc(C(=O)Nc4nc5c(s4)CC(N4CCC(F)CC4)CC5)c3)cn2)cc1. The van der Waals surface area contributed by atoms with Gasteiger partial charge >= 0.3 is 0 Å². The van der Waals surface area contributed by atoms with Crippen LogP contribution in [0.1, 0.15) is 51.3 Å². The molecule has 4 aromatic rings. The summed E-state index contributed by atoms with van der Waals surface area (Å²) in [6.07, 6.45) is 7.18. The highest BCUT2D eigenvalue weighted by molar-refractivity contribution is 7.15. The van der Waals surface area contributed by atoms with Crippen molar-refractivity contribution < 1.29 is 9.18 Å². The van der Waals surface area contributed by atoms with Gasteiger partial charge in [0.15, 0.2) is 5.13 Å². The second-order valence-corrected chi connectivity index (χ2v) is 11.4. The minimum absolute atomic E-state index is 0.173. The van der Waals surface area contributed by atoms with Crippen LogP contribution < -0.4 is 5.32 Å². The Balaban J connectivity index is 1.09. The molecule has 1 N–H and O–H groups in total. The molecule has 1 saturated heterocycles. The minimum Gasteiger partial charge on any atom is -0.332 e. The number of benzene rings is 2. The Morgan fingerprint density at radius 2 is 1.97 bits per heavy atom. The number of nitriles is 1. The molecule has 6 rings (SSSR count). The first-order chi connectivity index (χ1) is 19.0. The Kier molecular flexibility index (Phi) is 7.22. The molecule has 1 fully saturated rings. The Morgan fingerprint density at radius 3 is 2.77 bits per heavy atom. The van der Waals surface area contributed by atoms with E-state index in [1.54, 1.807) is 29.8 Å². The molecular weight excluding hydrogens is 511 g/mol. The molecule has 0 bridgehead atoms. The van der Waals surface area contributed by atoms with Crippen molar-refractivity contribution in [3.63, 3.8) is 0 Å². The summed E-state index contributed by atoms with van der Waals surface area (Å²) in [5, 5.41) is 12.6. The van der Waals surface area contributed by atoms with Gasteiger partial charge in [0.1, 0.15) is 6.17 Å². The van der Waals surface area contributed by atoms with Gasteiger partial charge in [-0.25, -0.2) is 14.4 Å². The maximum absolute atomic E-state index is 13.6. The van der Waals surface area contributed by atoms with E-state index in [1.165, 1.54) is 4.88 Å². The lowest BCUT2D eigenvalue weighted by Crippen LogP contribution is -2.44. The molecule has 7 nitrogen and oxygen atoms in total.